The lowest BCUT2D eigenvalue weighted by molar-refractivity contribution is -0.119. The first-order chi connectivity index (χ1) is 7.82. The number of hydrogen-bond acceptors (Lipinski definition) is 4. The largest absolute Gasteiger partial charge is 0.504 e. The first-order valence-electron chi connectivity index (χ1n) is 5.09. The Morgan fingerprint density at radius 3 is 2.06 bits per heavy atom. The lowest BCUT2D eigenvalue weighted by atomic mass is 10.0. The fraction of sp³-hybridized carbons (Fsp3) is 0.231. The summed E-state index contributed by atoms with van der Waals surface area (Å²) in [5.41, 5.74) is 1.04. The summed E-state index contributed by atoms with van der Waals surface area (Å²) in [5.74, 6) is -1.14. The summed E-state index contributed by atoms with van der Waals surface area (Å²) in [4.78, 5) is 22.5. The van der Waals surface area contributed by atoms with Gasteiger partial charge in [0.25, 0.3) is 0 Å². The Morgan fingerprint density at radius 1 is 1.12 bits per heavy atom. The molecule has 2 N–H and O–H groups in total. The number of carbonyl (C=O) groups excluding carboxylic acids is 2. The van der Waals surface area contributed by atoms with Crippen LogP contribution in [0, 0.1) is 6.92 Å². The second-order valence-corrected chi connectivity index (χ2v) is 3.88. The average Bonchev–Trinajstić information content (AvgIpc) is 2.21. The van der Waals surface area contributed by atoms with Gasteiger partial charge >= 0.3 is 0 Å². The molecule has 0 bridgehead atoms. The van der Waals surface area contributed by atoms with E-state index in [1.807, 2.05) is 0 Å². The van der Waals surface area contributed by atoms with Gasteiger partial charge < -0.3 is 10.2 Å². The molecule has 0 atom stereocenters. The van der Waals surface area contributed by atoms with Crippen molar-refractivity contribution in [3.8, 4) is 11.5 Å². The van der Waals surface area contributed by atoms with Crippen molar-refractivity contribution in [3.63, 3.8) is 0 Å². The van der Waals surface area contributed by atoms with E-state index in [4.69, 9.17) is 0 Å². The Bertz CT molecular complexity index is 473. The Morgan fingerprint density at radius 2 is 1.65 bits per heavy atom. The minimum atomic E-state index is -0.331. The monoisotopic (exact) mass is 234 g/mol. The highest BCUT2D eigenvalue weighted by Crippen LogP contribution is 2.30. The van der Waals surface area contributed by atoms with E-state index in [2.05, 4.69) is 0 Å². The van der Waals surface area contributed by atoms with Crippen LogP contribution in [0.5, 0.6) is 11.5 Å². The number of carbonyl (C=O) groups is 2. The van der Waals surface area contributed by atoms with Gasteiger partial charge in [-0.1, -0.05) is 0 Å². The van der Waals surface area contributed by atoms with E-state index in [0.29, 0.717) is 11.1 Å². The predicted molar refractivity (Wildman–Crippen MR) is 63.8 cm³/mol. The molecule has 1 aromatic rings. The molecule has 17 heavy (non-hydrogen) atoms. The van der Waals surface area contributed by atoms with Gasteiger partial charge in [0.1, 0.15) is 0 Å². The van der Waals surface area contributed by atoms with Crippen molar-refractivity contribution in [1.29, 1.82) is 0 Å². The molecule has 0 aliphatic heterocycles. The number of aromatic hydroxyl groups is 2. The van der Waals surface area contributed by atoms with Crippen molar-refractivity contribution in [2.24, 2.45) is 0 Å². The molecule has 90 valence electrons. The fourth-order valence-electron chi connectivity index (χ4n) is 1.49. The summed E-state index contributed by atoms with van der Waals surface area (Å²) in [6.07, 6.45) is 1.40. The van der Waals surface area contributed by atoms with E-state index < -0.39 is 0 Å². The number of aryl methyl sites for hydroxylation is 1. The third-order valence-electron chi connectivity index (χ3n) is 2.37. The van der Waals surface area contributed by atoms with Gasteiger partial charge in [-0.25, -0.2) is 0 Å². The topological polar surface area (TPSA) is 74.6 Å². The summed E-state index contributed by atoms with van der Waals surface area (Å²) in [7, 11) is 0. The number of benzene rings is 1. The molecule has 0 unspecified atom stereocenters. The van der Waals surface area contributed by atoms with E-state index >= 15 is 0 Å². The molecule has 0 saturated heterocycles. The zero-order chi connectivity index (χ0) is 13.2. The van der Waals surface area contributed by atoms with Crippen LogP contribution < -0.4 is 0 Å². The predicted octanol–water partition coefficient (Wildman–Crippen LogP) is 1.97. The fourth-order valence-corrected chi connectivity index (χ4v) is 1.49. The van der Waals surface area contributed by atoms with Crippen molar-refractivity contribution in [2.75, 3.05) is 0 Å². The SMILES string of the molecule is CC(=O)C(=Cc1cc(C)c(O)c(O)c1)C(C)=O. The van der Waals surface area contributed by atoms with Crippen LogP contribution in [0.1, 0.15) is 25.0 Å². The molecule has 0 heterocycles. The van der Waals surface area contributed by atoms with E-state index in [1.54, 1.807) is 13.0 Å². The summed E-state index contributed by atoms with van der Waals surface area (Å²) < 4.78 is 0. The maximum absolute atomic E-state index is 11.2. The van der Waals surface area contributed by atoms with Gasteiger partial charge in [-0.15, -0.1) is 0 Å². The highest BCUT2D eigenvalue weighted by Gasteiger charge is 2.11. The average molecular weight is 234 g/mol. The van der Waals surface area contributed by atoms with Crippen LogP contribution in [0.25, 0.3) is 6.08 Å². The van der Waals surface area contributed by atoms with Crippen LogP contribution in [0.3, 0.4) is 0 Å². The molecular weight excluding hydrogens is 220 g/mol. The van der Waals surface area contributed by atoms with Gasteiger partial charge in [0.15, 0.2) is 23.1 Å². The number of allylic oxidation sites excluding steroid dienone is 1. The maximum Gasteiger partial charge on any atom is 0.163 e. The standard InChI is InChI=1S/C13H14O4/c1-7-4-10(6-12(16)13(7)17)5-11(8(2)14)9(3)15/h4-6,16-17H,1-3H3. The second kappa shape index (κ2) is 4.82. The molecule has 4 nitrogen and oxygen atoms in total. The first-order valence-corrected chi connectivity index (χ1v) is 5.09. The summed E-state index contributed by atoms with van der Waals surface area (Å²) in [6.45, 7) is 4.23. The van der Waals surface area contributed by atoms with Crippen molar-refractivity contribution in [2.45, 2.75) is 20.8 Å². The lowest BCUT2D eigenvalue weighted by Gasteiger charge is -2.05. The molecule has 0 radical (unpaired) electrons. The van der Waals surface area contributed by atoms with Gasteiger partial charge in [0.2, 0.25) is 0 Å². The maximum atomic E-state index is 11.2. The smallest absolute Gasteiger partial charge is 0.163 e. The van der Waals surface area contributed by atoms with Crippen LogP contribution in [-0.2, 0) is 9.59 Å². The normalized spacial score (nSPS) is 9.82. The Hall–Kier alpha value is -2.10. The Labute approximate surface area is 99.2 Å². The lowest BCUT2D eigenvalue weighted by Crippen LogP contribution is -2.05. The summed E-state index contributed by atoms with van der Waals surface area (Å²) in [6, 6.07) is 2.88. The van der Waals surface area contributed by atoms with Gasteiger partial charge in [-0.2, -0.15) is 0 Å². The molecule has 0 aliphatic carbocycles. The van der Waals surface area contributed by atoms with Crippen molar-refractivity contribution >= 4 is 17.6 Å². The Balaban J connectivity index is 3.30. The third-order valence-corrected chi connectivity index (χ3v) is 2.37. The molecule has 0 saturated carbocycles. The third kappa shape index (κ3) is 2.93. The van der Waals surface area contributed by atoms with Crippen molar-refractivity contribution < 1.29 is 19.8 Å². The number of ketones is 2. The van der Waals surface area contributed by atoms with Crippen LogP contribution in [0.2, 0.25) is 0 Å². The van der Waals surface area contributed by atoms with Crippen LogP contribution in [-0.4, -0.2) is 21.8 Å². The Kier molecular flexibility index (Phi) is 3.68. The number of rotatable bonds is 3. The van der Waals surface area contributed by atoms with Gasteiger partial charge in [-0.05, 0) is 50.1 Å². The van der Waals surface area contributed by atoms with E-state index in [9.17, 15) is 19.8 Å². The molecule has 1 aromatic carbocycles. The molecule has 4 heteroatoms. The van der Waals surface area contributed by atoms with Crippen molar-refractivity contribution in [3.05, 3.63) is 28.8 Å². The van der Waals surface area contributed by atoms with E-state index in [0.717, 1.165) is 0 Å². The van der Waals surface area contributed by atoms with Gasteiger partial charge in [0, 0.05) is 0 Å². The van der Waals surface area contributed by atoms with Crippen LogP contribution >= 0.6 is 0 Å². The van der Waals surface area contributed by atoms with Crippen LogP contribution in [0.4, 0.5) is 0 Å². The van der Waals surface area contributed by atoms with E-state index in [1.165, 1.54) is 26.0 Å². The second-order valence-electron chi connectivity index (χ2n) is 3.88. The molecule has 0 aromatic heterocycles. The quantitative estimate of drug-likeness (QED) is 0.363. The van der Waals surface area contributed by atoms with Crippen molar-refractivity contribution in [1.82, 2.24) is 0 Å². The minimum absolute atomic E-state index is 0.0643. The number of hydrogen-bond donors (Lipinski definition) is 2. The summed E-state index contributed by atoms with van der Waals surface area (Å²) >= 11 is 0. The first kappa shape index (κ1) is 13.0. The number of Topliss-reactive ketones (excluding diaryl/α,β-unsaturated/α-hetero) is 2. The molecule has 0 aliphatic rings. The molecule has 0 fully saturated rings. The highest BCUT2D eigenvalue weighted by molar-refractivity contribution is 6.21. The number of phenolic OH excluding ortho intramolecular Hbond substituents is 2. The summed E-state index contributed by atoms with van der Waals surface area (Å²) in [5, 5.41) is 18.8. The van der Waals surface area contributed by atoms with Gasteiger partial charge in [0.05, 0.1) is 5.57 Å². The van der Waals surface area contributed by atoms with E-state index in [-0.39, 0.29) is 28.6 Å². The van der Waals surface area contributed by atoms with Gasteiger partial charge in [-0.3, -0.25) is 9.59 Å². The molecule has 1 rings (SSSR count). The molecule has 0 spiro atoms. The minimum Gasteiger partial charge on any atom is -0.504 e. The van der Waals surface area contributed by atoms with Crippen LogP contribution in [0.15, 0.2) is 17.7 Å². The molecule has 0 amide bonds. The molecular formula is C13H14O4. The highest BCUT2D eigenvalue weighted by atomic mass is 16.3. The zero-order valence-electron chi connectivity index (χ0n) is 9.94. The zero-order valence-corrected chi connectivity index (χ0v) is 9.94. The number of phenols is 2.